The van der Waals surface area contributed by atoms with Gasteiger partial charge in [0.2, 0.25) is 5.91 Å². The van der Waals surface area contributed by atoms with E-state index in [9.17, 15) is 13.2 Å². The van der Waals surface area contributed by atoms with Crippen LogP contribution in [-0.4, -0.2) is 34.2 Å². The van der Waals surface area contributed by atoms with E-state index in [1.165, 1.54) is 7.11 Å². The number of hydrogen-bond acceptors (Lipinski definition) is 6. The van der Waals surface area contributed by atoms with Crippen LogP contribution in [0.2, 0.25) is 0 Å². The molecule has 0 heterocycles. The molecule has 6 nitrogen and oxygen atoms in total. The molecule has 0 aliphatic rings. The summed E-state index contributed by atoms with van der Waals surface area (Å²) in [7, 11) is -2.14. The van der Waals surface area contributed by atoms with Crippen molar-refractivity contribution in [3.63, 3.8) is 0 Å². The first-order valence-corrected chi connectivity index (χ1v) is 11.8. The topological polar surface area (TPSA) is 84.5 Å². The highest BCUT2D eigenvalue weighted by molar-refractivity contribution is 7.99. The van der Waals surface area contributed by atoms with E-state index in [-0.39, 0.29) is 23.1 Å². The average molecular weight is 443 g/mol. The zero-order valence-electron chi connectivity index (χ0n) is 16.6. The molecule has 0 saturated carbocycles. The minimum Gasteiger partial charge on any atom is -0.495 e. The van der Waals surface area contributed by atoms with Crippen LogP contribution in [0.15, 0.2) is 87.5 Å². The maximum Gasteiger partial charge on any atom is 0.243 e. The van der Waals surface area contributed by atoms with Crippen LogP contribution in [0.4, 0.5) is 11.4 Å². The summed E-state index contributed by atoms with van der Waals surface area (Å²) in [5.74, 6) is -0.0640. The van der Waals surface area contributed by atoms with E-state index in [4.69, 9.17) is 4.74 Å². The second kappa shape index (κ2) is 9.69. The molecule has 8 heteroatoms. The fourth-order valence-electron chi connectivity index (χ4n) is 2.84. The normalized spacial score (nSPS) is 11.0. The molecule has 0 fully saturated rings. The highest BCUT2D eigenvalue weighted by Gasteiger charge is 2.19. The summed E-state index contributed by atoms with van der Waals surface area (Å²) >= 11 is 1.55. The smallest absolute Gasteiger partial charge is 0.243 e. The Hall–Kier alpha value is -2.97. The van der Waals surface area contributed by atoms with Crippen LogP contribution in [-0.2, 0) is 14.6 Å². The van der Waals surface area contributed by atoms with Gasteiger partial charge >= 0.3 is 0 Å². The first-order chi connectivity index (χ1) is 14.4. The predicted molar refractivity (Wildman–Crippen MR) is 120 cm³/mol. The zero-order valence-corrected chi connectivity index (χ0v) is 18.2. The van der Waals surface area contributed by atoms with Gasteiger partial charge in [-0.05, 0) is 36.4 Å². The molecular weight excluding hydrogens is 420 g/mol. The van der Waals surface area contributed by atoms with Gasteiger partial charge in [-0.3, -0.25) is 4.79 Å². The molecule has 0 bridgehead atoms. The van der Waals surface area contributed by atoms with Crippen molar-refractivity contribution in [3.8, 4) is 5.75 Å². The van der Waals surface area contributed by atoms with Crippen molar-refractivity contribution in [1.82, 2.24) is 0 Å². The maximum absolute atomic E-state index is 12.5. The molecule has 0 atom stereocenters. The Morgan fingerprint density at radius 1 is 0.933 bits per heavy atom. The fraction of sp³-hybridized carbons (Fsp3) is 0.136. The van der Waals surface area contributed by atoms with Gasteiger partial charge in [0.15, 0.2) is 9.84 Å². The van der Waals surface area contributed by atoms with Gasteiger partial charge < -0.3 is 15.4 Å². The van der Waals surface area contributed by atoms with E-state index in [1.54, 1.807) is 30.0 Å². The van der Waals surface area contributed by atoms with Crippen molar-refractivity contribution < 1.29 is 17.9 Å². The van der Waals surface area contributed by atoms with E-state index < -0.39 is 9.84 Å². The third kappa shape index (κ3) is 5.55. The van der Waals surface area contributed by atoms with E-state index in [1.807, 2.05) is 54.6 Å². The van der Waals surface area contributed by atoms with Gasteiger partial charge in [-0.15, -0.1) is 0 Å². The van der Waals surface area contributed by atoms with Gasteiger partial charge in [0.1, 0.15) is 10.6 Å². The molecular formula is C22H22N2O4S2. The largest absolute Gasteiger partial charge is 0.495 e. The fourth-order valence-corrected chi connectivity index (χ4v) is 4.82. The van der Waals surface area contributed by atoms with E-state index in [2.05, 4.69) is 10.6 Å². The molecule has 2 N–H and O–H groups in total. The Balaban J connectivity index is 1.72. The lowest BCUT2D eigenvalue weighted by molar-refractivity contribution is -0.114. The Bertz CT molecular complexity index is 1130. The molecule has 0 saturated heterocycles. The third-order valence-corrected chi connectivity index (χ3v) is 6.39. The molecule has 3 aromatic carbocycles. The Morgan fingerprint density at radius 2 is 1.60 bits per heavy atom. The SMILES string of the molecule is COc1cccc(NCC(=O)Nc2ccccc2Sc2ccccc2)c1S(C)(=O)=O. The van der Waals surface area contributed by atoms with E-state index in [0.29, 0.717) is 11.4 Å². The highest BCUT2D eigenvalue weighted by atomic mass is 32.2. The molecule has 0 radical (unpaired) electrons. The molecule has 0 aromatic heterocycles. The average Bonchev–Trinajstić information content (AvgIpc) is 2.73. The number of anilines is 2. The van der Waals surface area contributed by atoms with Crippen molar-refractivity contribution in [2.75, 3.05) is 30.5 Å². The monoisotopic (exact) mass is 442 g/mol. The van der Waals surface area contributed by atoms with Crippen LogP contribution in [0.1, 0.15) is 0 Å². The Kier molecular flexibility index (Phi) is 7.02. The van der Waals surface area contributed by atoms with E-state index in [0.717, 1.165) is 16.0 Å². The van der Waals surface area contributed by atoms with Crippen molar-refractivity contribution >= 4 is 38.9 Å². The van der Waals surface area contributed by atoms with Crippen LogP contribution in [0.3, 0.4) is 0 Å². The summed E-state index contributed by atoms with van der Waals surface area (Å²) in [5.41, 5.74) is 1.01. The summed E-state index contributed by atoms with van der Waals surface area (Å²) < 4.78 is 29.5. The number of carbonyl (C=O) groups is 1. The number of rotatable bonds is 8. The molecule has 0 spiro atoms. The summed E-state index contributed by atoms with van der Waals surface area (Å²) in [4.78, 5) is 14.5. The van der Waals surface area contributed by atoms with Gasteiger partial charge in [-0.25, -0.2) is 8.42 Å². The molecule has 3 aromatic rings. The number of benzene rings is 3. The second-order valence-electron chi connectivity index (χ2n) is 6.42. The number of carbonyl (C=O) groups excluding carboxylic acids is 1. The van der Waals surface area contributed by atoms with Gasteiger partial charge in [0, 0.05) is 16.0 Å². The number of para-hydroxylation sites is 1. The van der Waals surface area contributed by atoms with Crippen LogP contribution < -0.4 is 15.4 Å². The van der Waals surface area contributed by atoms with E-state index >= 15 is 0 Å². The maximum atomic E-state index is 12.5. The number of methoxy groups -OCH3 is 1. The van der Waals surface area contributed by atoms with Crippen LogP contribution in [0, 0.1) is 0 Å². The lowest BCUT2D eigenvalue weighted by Crippen LogP contribution is -2.23. The first kappa shape index (κ1) is 21.7. The summed E-state index contributed by atoms with van der Waals surface area (Å²) in [5, 5.41) is 5.79. The standard InChI is InChI=1S/C22H22N2O4S2/c1-28-19-13-8-12-18(22(19)30(2,26)27)23-15-21(25)24-17-11-6-7-14-20(17)29-16-9-4-3-5-10-16/h3-14,23H,15H2,1-2H3,(H,24,25). The summed E-state index contributed by atoms with van der Waals surface area (Å²) in [6.45, 7) is -0.0972. The van der Waals surface area contributed by atoms with Crippen molar-refractivity contribution in [2.24, 2.45) is 0 Å². The second-order valence-corrected chi connectivity index (χ2v) is 9.49. The lowest BCUT2D eigenvalue weighted by atomic mass is 10.3. The van der Waals surface area contributed by atoms with Gasteiger partial charge in [0.25, 0.3) is 0 Å². The zero-order chi connectivity index (χ0) is 21.6. The Morgan fingerprint density at radius 3 is 2.30 bits per heavy atom. The molecule has 156 valence electrons. The number of nitrogens with one attached hydrogen (secondary N) is 2. The summed E-state index contributed by atoms with van der Waals surface area (Å²) in [6.07, 6.45) is 1.10. The number of amides is 1. The number of ether oxygens (including phenoxy) is 1. The van der Waals surface area contributed by atoms with Gasteiger partial charge in [0.05, 0.1) is 25.0 Å². The van der Waals surface area contributed by atoms with Crippen LogP contribution in [0.5, 0.6) is 5.75 Å². The minimum absolute atomic E-state index is 0.0281. The molecule has 0 aliphatic carbocycles. The molecule has 3 rings (SSSR count). The quantitative estimate of drug-likeness (QED) is 0.541. The predicted octanol–water partition coefficient (Wildman–Crippen LogP) is 4.30. The first-order valence-electron chi connectivity index (χ1n) is 9.11. The molecule has 0 aliphatic heterocycles. The van der Waals surface area contributed by atoms with Crippen LogP contribution in [0.25, 0.3) is 0 Å². The van der Waals surface area contributed by atoms with Gasteiger partial charge in [-0.1, -0.05) is 48.2 Å². The lowest BCUT2D eigenvalue weighted by Gasteiger charge is -2.15. The van der Waals surface area contributed by atoms with Crippen LogP contribution >= 0.6 is 11.8 Å². The number of hydrogen-bond donors (Lipinski definition) is 2. The molecule has 30 heavy (non-hydrogen) atoms. The van der Waals surface area contributed by atoms with Crippen molar-refractivity contribution in [2.45, 2.75) is 14.7 Å². The summed E-state index contributed by atoms with van der Waals surface area (Å²) in [6, 6.07) is 22.2. The highest BCUT2D eigenvalue weighted by Crippen LogP contribution is 2.33. The Labute approximate surface area is 180 Å². The number of sulfone groups is 1. The van der Waals surface area contributed by atoms with Crippen molar-refractivity contribution in [1.29, 1.82) is 0 Å². The van der Waals surface area contributed by atoms with Crippen molar-refractivity contribution in [3.05, 3.63) is 72.8 Å². The molecule has 1 amide bonds. The third-order valence-electron chi connectivity index (χ3n) is 4.14. The molecule has 0 unspecified atom stereocenters. The minimum atomic E-state index is -3.55. The van der Waals surface area contributed by atoms with Gasteiger partial charge in [-0.2, -0.15) is 0 Å².